The molecule has 10 atom stereocenters. The van der Waals surface area contributed by atoms with Crippen LogP contribution in [0.5, 0.6) is 0 Å². The molecule has 1 saturated heterocycles. The highest BCUT2D eigenvalue weighted by Gasteiger charge is 2.89. The second-order valence-corrected chi connectivity index (χ2v) is 16.4. The van der Waals surface area contributed by atoms with Crippen molar-refractivity contribution in [2.75, 3.05) is 38.6 Å². The number of anilines is 1. The highest BCUT2D eigenvalue weighted by atomic mass is 16.6. The van der Waals surface area contributed by atoms with Gasteiger partial charge in [-0.05, 0) is 66.5 Å². The molecule has 0 amide bonds. The van der Waals surface area contributed by atoms with Crippen LogP contribution in [0.2, 0.25) is 0 Å². The monoisotopic (exact) mass is 628 g/mol. The van der Waals surface area contributed by atoms with Crippen molar-refractivity contribution in [1.82, 2.24) is 9.47 Å². The van der Waals surface area contributed by atoms with Gasteiger partial charge in [0.1, 0.15) is 6.04 Å². The average molecular weight is 629 g/mol. The Balaban J connectivity index is 1.15. The highest BCUT2D eigenvalue weighted by molar-refractivity contribution is 5.87. The number of nitrogens with zero attached hydrogens (tertiary/aromatic N) is 3. The van der Waals surface area contributed by atoms with Gasteiger partial charge in [-0.2, -0.15) is 0 Å². The van der Waals surface area contributed by atoms with Crippen molar-refractivity contribution in [3.05, 3.63) is 94.4 Å². The summed E-state index contributed by atoms with van der Waals surface area (Å²) in [5.74, 6) is -0.286. The van der Waals surface area contributed by atoms with Gasteiger partial charge in [0.25, 0.3) is 0 Å². The number of aromatic nitrogens is 1. The predicted octanol–water partition coefficient (Wildman–Crippen LogP) is 6.39. The number of ether oxygens (including phenoxy) is 1. The first-order valence-corrected chi connectivity index (χ1v) is 18.1. The van der Waals surface area contributed by atoms with E-state index >= 15 is 0 Å². The lowest BCUT2D eigenvalue weighted by molar-refractivity contribution is -0.897. The van der Waals surface area contributed by atoms with Crippen molar-refractivity contribution in [1.29, 1.82) is 0 Å². The van der Waals surface area contributed by atoms with Crippen molar-refractivity contribution in [3.63, 3.8) is 0 Å². The van der Waals surface area contributed by atoms with Crippen molar-refractivity contribution in [2.45, 2.75) is 75.0 Å². The number of hydrogen-bond acceptors (Lipinski definition) is 5. The van der Waals surface area contributed by atoms with Gasteiger partial charge in [0.05, 0.1) is 49.2 Å². The maximum absolute atomic E-state index is 14.9. The number of fused-ring (bicyclic) bond motifs is 4. The van der Waals surface area contributed by atoms with Crippen LogP contribution >= 0.6 is 0 Å². The Kier molecular flexibility index (Phi) is 4.93. The number of para-hydroxylation sites is 1. The van der Waals surface area contributed by atoms with Gasteiger partial charge in [0.2, 0.25) is 0 Å². The quantitative estimate of drug-likeness (QED) is 0.158. The largest absolute Gasteiger partial charge is 0.632 e. The molecule has 2 saturated carbocycles. The number of hydrogen-bond donors (Lipinski definition) is 1. The minimum absolute atomic E-state index is 0.0722. The molecular formula is C40H44N4O3. The summed E-state index contributed by atoms with van der Waals surface area (Å²) in [6.07, 6.45) is 14.2. The standard InChI is InChI=1S/C40H44N4O3/c1-4-37-14-7-17-42-18-13-27-26-9-5-6-10-31(26)43(33(27)34(37)42)32(23-37)25-11-12-30-28(21-25)39-16-20-44(46)19-8-15-38(36(39)44)22-29(35(45)47-3)40(39,41-30)24(38)2/h5-12,14-15,21,24,29,32,34,36,41H,4,13,16-20,22-23H2,1-3H3/t24-,29+,32-,34-,36+,37+,38+,39-,40-,44?/m1/s1. The maximum atomic E-state index is 14.9. The molecule has 2 bridgehead atoms. The van der Waals surface area contributed by atoms with Gasteiger partial charge < -0.3 is 24.5 Å². The van der Waals surface area contributed by atoms with Gasteiger partial charge in [-0.3, -0.25) is 9.69 Å². The molecule has 3 spiro atoms. The average Bonchev–Trinajstić information content (AvgIpc) is 3.82. The fourth-order valence-corrected chi connectivity index (χ4v) is 14.0. The van der Waals surface area contributed by atoms with E-state index < -0.39 is 11.0 Å². The molecular weight excluding hydrogens is 584 g/mol. The number of esters is 1. The lowest BCUT2D eigenvalue weighted by Gasteiger charge is -2.56. The lowest BCUT2D eigenvalue weighted by atomic mass is 9.57. The molecule has 1 aromatic heterocycles. The molecule has 242 valence electrons. The maximum Gasteiger partial charge on any atom is 0.311 e. The third-order valence-corrected chi connectivity index (χ3v) is 15.5. The number of hydroxylamine groups is 3. The Labute approximate surface area is 276 Å². The zero-order valence-electron chi connectivity index (χ0n) is 27.7. The van der Waals surface area contributed by atoms with Crippen molar-refractivity contribution in [3.8, 4) is 0 Å². The van der Waals surface area contributed by atoms with Gasteiger partial charge in [-0.15, -0.1) is 0 Å². The van der Waals surface area contributed by atoms with Crippen LogP contribution in [0.15, 0.2) is 66.8 Å². The van der Waals surface area contributed by atoms with Gasteiger partial charge in [0.15, 0.2) is 0 Å². The van der Waals surface area contributed by atoms with Gasteiger partial charge in [-0.25, -0.2) is 0 Å². The van der Waals surface area contributed by atoms with E-state index in [1.165, 1.54) is 34.8 Å². The van der Waals surface area contributed by atoms with Crippen LogP contribution in [-0.4, -0.2) is 65.0 Å². The molecule has 3 fully saturated rings. The number of nitrogens with one attached hydrogen (secondary N) is 1. The van der Waals surface area contributed by atoms with Crippen molar-refractivity contribution in [2.24, 2.45) is 22.7 Å². The summed E-state index contributed by atoms with van der Waals surface area (Å²) in [7, 11) is 1.53. The Bertz CT molecular complexity index is 2000. The molecule has 2 aliphatic carbocycles. The molecule has 0 radical (unpaired) electrons. The van der Waals surface area contributed by atoms with Crippen LogP contribution < -0.4 is 5.32 Å². The van der Waals surface area contributed by atoms with Gasteiger partial charge >= 0.3 is 5.97 Å². The molecule has 7 nitrogen and oxygen atoms in total. The fraction of sp³-hybridized carbons (Fsp3) is 0.525. The van der Waals surface area contributed by atoms with Crippen molar-refractivity contribution >= 4 is 22.6 Å². The lowest BCUT2D eigenvalue weighted by Crippen LogP contribution is -2.66. The van der Waals surface area contributed by atoms with E-state index in [1.807, 2.05) is 0 Å². The smallest absolute Gasteiger partial charge is 0.311 e. The first-order chi connectivity index (χ1) is 22.8. The Hall–Kier alpha value is -3.39. The molecule has 47 heavy (non-hydrogen) atoms. The van der Waals surface area contributed by atoms with E-state index in [9.17, 15) is 10.0 Å². The fourth-order valence-electron chi connectivity index (χ4n) is 14.0. The summed E-state index contributed by atoms with van der Waals surface area (Å²) in [6.45, 7) is 7.97. The summed E-state index contributed by atoms with van der Waals surface area (Å²) in [4.78, 5) is 16.4. The molecule has 1 N–H and O–H groups in total. The van der Waals surface area contributed by atoms with E-state index in [4.69, 9.17) is 4.74 Å². The third kappa shape index (κ3) is 2.72. The van der Waals surface area contributed by atoms with E-state index in [0.29, 0.717) is 25.6 Å². The van der Waals surface area contributed by atoms with E-state index in [2.05, 4.69) is 95.4 Å². The Morgan fingerprint density at radius 2 is 2.02 bits per heavy atom. The summed E-state index contributed by atoms with van der Waals surface area (Å²) >= 11 is 0. The van der Waals surface area contributed by atoms with Crippen molar-refractivity contribution < 1.29 is 14.2 Å². The zero-order valence-corrected chi connectivity index (χ0v) is 27.7. The normalized spacial score (nSPS) is 44.2. The summed E-state index contributed by atoms with van der Waals surface area (Å²) in [6, 6.07) is 16.7. The third-order valence-electron chi connectivity index (χ3n) is 15.5. The van der Waals surface area contributed by atoms with Crippen LogP contribution in [0.4, 0.5) is 5.69 Å². The molecule has 6 aliphatic heterocycles. The summed E-state index contributed by atoms with van der Waals surface area (Å²) in [5.41, 5.74) is 6.98. The molecule has 2 aromatic carbocycles. The topological polar surface area (TPSA) is 69.6 Å². The van der Waals surface area contributed by atoms with E-state index in [-0.39, 0.29) is 45.4 Å². The first-order valence-electron chi connectivity index (χ1n) is 18.1. The summed E-state index contributed by atoms with van der Waals surface area (Å²) < 4.78 is 8.09. The second kappa shape index (κ2) is 8.42. The summed E-state index contributed by atoms with van der Waals surface area (Å²) in [5, 5.41) is 20.3. The number of carbonyl (C=O) groups excluding carboxylic acids is 1. The number of benzene rings is 2. The first kappa shape index (κ1) is 27.5. The Morgan fingerprint density at radius 1 is 1.15 bits per heavy atom. The second-order valence-electron chi connectivity index (χ2n) is 16.4. The molecule has 11 rings (SSSR count). The molecule has 7 heteroatoms. The number of rotatable bonds is 3. The zero-order chi connectivity index (χ0) is 31.7. The minimum Gasteiger partial charge on any atom is -0.632 e. The van der Waals surface area contributed by atoms with Crippen LogP contribution in [0.1, 0.15) is 74.0 Å². The Morgan fingerprint density at radius 3 is 2.87 bits per heavy atom. The minimum atomic E-state index is -0.529. The number of carbonyl (C=O) groups is 1. The number of quaternary nitrogens is 1. The molecule has 7 heterocycles. The van der Waals surface area contributed by atoms with Crippen LogP contribution in [0, 0.1) is 27.9 Å². The van der Waals surface area contributed by atoms with Crippen LogP contribution in [0.25, 0.3) is 10.9 Å². The van der Waals surface area contributed by atoms with Crippen LogP contribution in [0.3, 0.4) is 0 Å². The highest BCUT2D eigenvalue weighted by Crippen LogP contribution is 2.80. The predicted molar refractivity (Wildman–Crippen MR) is 182 cm³/mol. The van der Waals surface area contributed by atoms with E-state index in [0.717, 1.165) is 44.5 Å². The molecule has 8 aliphatic rings. The number of methoxy groups -OCH3 is 1. The van der Waals surface area contributed by atoms with Gasteiger partial charge in [0, 0.05) is 52.6 Å². The molecule has 3 aromatic rings. The molecule has 1 unspecified atom stereocenters. The SMILES string of the molecule is CC[C@]12C=CCN3CCc4c(n(c5ccccc45)[C@@H](c4ccc5c(c4)[C@@]46CC[N+]7([O-])CC=C[C@@]8(C[C@@H](C(=O)OC)[C@]4(N5)[C@@H]8C)[C@@H]67)C1)[C@@H]32. The van der Waals surface area contributed by atoms with Crippen LogP contribution in [-0.2, 0) is 21.4 Å². The van der Waals surface area contributed by atoms with Gasteiger partial charge in [-0.1, -0.05) is 62.4 Å². The van der Waals surface area contributed by atoms with E-state index in [1.54, 1.807) is 5.56 Å².